The molecule has 0 aliphatic heterocycles. The first kappa shape index (κ1) is 18.6. The van der Waals surface area contributed by atoms with E-state index < -0.39 is 0 Å². The molecule has 0 fully saturated rings. The standard InChI is InChI=1S/C25H17NO2S2/c26-20-12-13-29-24(20)17-8-6-15(7-9-17)22-19-11-10-18(27)14-21(19)30-25(22)23(28)16-4-2-1-3-5-16/h1-14,27H,26H2. The van der Waals surface area contributed by atoms with E-state index in [9.17, 15) is 9.90 Å². The predicted molar refractivity (Wildman–Crippen MR) is 127 cm³/mol. The number of thiophene rings is 2. The predicted octanol–water partition coefficient (Wildman–Crippen LogP) is 6.82. The molecule has 5 heteroatoms. The minimum atomic E-state index is -0.0159. The molecule has 5 rings (SSSR count). The van der Waals surface area contributed by atoms with Crippen LogP contribution in [0.5, 0.6) is 5.75 Å². The van der Waals surface area contributed by atoms with Crippen molar-refractivity contribution in [1.29, 1.82) is 0 Å². The summed E-state index contributed by atoms with van der Waals surface area (Å²) >= 11 is 3.02. The van der Waals surface area contributed by atoms with Crippen LogP contribution in [0.2, 0.25) is 0 Å². The largest absolute Gasteiger partial charge is 0.508 e. The van der Waals surface area contributed by atoms with Crippen LogP contribution in [0.3, 0.4) is 0 Å². The summed E-state index contributed by atoms with van der Waals surface area (Å²) in [5.74, 6) is 0.176. The lowest BCUT2D eigenvalue weighted by Crippen LogP contribution is -2.00. The topological polar surface area (TPSA) is 63.3 Å². The van der Waals surface area contributed by atoms with Crippen LogP contribution in [0, 0.1) is 0 Å². The molecule has 0 unspecified atom stereocenters. The SMILES string of the molecule is Nc1ccsc1-c1ccc(-c2c(C(=O)c3ccccc3)sc3cc(O)ccc23)cc1. The van der Waals surface area contributed by atoms with Gasteiger partial charge in [0.25, 0.3) is 0 Å². The van der Waals surface area contributed by atoms with Gasteiger partial charge in [-0.25, -0.2) is 0 Å². The van der Waals surface area contributed by atoms with Crippen LogP contribution in [0.25, 0.3) is 31.7 Å². The molecule has 2 heterocycles. The molecule has 0 radical (unpaired) electrons. The minimum absolute atomic E-state index is 0.0159. The number of hydrogen-bond donors (Lipinski definition) is 2. The van der Waals surface area contributed by atoms with Crippen molar-refractivity contribution in [3.8, 4) is 27.3 Å². The number of fused-ring (bicyclic) bond motifs is 1. The molecule has 3 aromatic carbocycles. The van der Waals surface area contributed by atoms with Gasteiger partial charge in [0.05, 0.1) is 15.4 Å². The number of benzene rings is 3. The second-order valence-corrected chi connectivity index (χ2v) is 8.93. The van der Waals surface area contributed by atoms with Crippen molar-refractivity contribution in [2.45, 2.75) is 0 Å². The van der Waals surface area contributed by atoms with Crippen molar-refractivity contribution in [3.63, 3.8) is 0 Å². The highest BCUT2D eigenvalue weighted by Gasteiger charge is 2.21. The minimum Gasteiger partial charge on any atom is -0.508 e. The van der Waals surface area contributed by atoms with Crippen LogP contribution in [0.1, 0.15) is 15.2 Å². The number of phenols is 1. The third kappa shape index (κ3) is 3.18. The van der Waals surface area contributed by atoms with Crippen LogP contribution in [-0.4, -0.2) is 10.9 Å². The van der Waals surface area contributed by atoms with Gasteiger partial charge in [0.1, 0.15) is 5.75 Å². The first-order valence-corrected chi connectivity index (χ1v) is 11.1. The molecule has 0 bridgehead atoms. The summed E-state index contributed by atoms with van der Waals surface area (Å²) in [5, 5.41) is 12.9. The van der Waals surface area contributed by atoms with Gasteiger partial charge in [-0.1, -0.05) is 54.6 Å². The van der Waals surface area contributed by atoms with E-state index in [1.54, 1.807) is 23.5 Å². The molecule has 0 spiro atoms. The fraction of sp³-hybridized carbons (Fsp3) is 0. The number of carbonyl (C=O) groups excluding carboxylic acids is 1. The summed E-state index contributed by atoms with van der Waals surface area (Å²) in [6.45, 7) is 0. The molecule has 30 heavy (non-hydrogen) atoms. The molecule has 0 atom stereocenters. The van der Waals surface area contributed by atoms with Crippen molar-refractivity contribution in [3.05, 3.63) is 94.7 Å². The number of anilines is 1. The Hall–Kier alpha value is -3.41. The number of phenolic OH excluding ortho intramolecular Hbond substituents is 1. The van der Waals surface area contributed by atoms with Crippen molar-refractivity contribution in [2.75, 3.05) is 5.73 Å². The first-order valence-electron chi connectivity index (χ1n) is 9.41. The van der Waals surface area contributed by atoms with Crippen molar-refractivity contribution in [1.82, 2.24) is 0 Å². The average molecular weight is 428 g/mol. The average Bonchev–Trinajstić information content (AvgIpc) is 3.37. The van der Waals surface area contributed by atoms with Gasteiger partial charge < -0.3 is 10.8 Å². The summed E-state index contributed by atoms with van der Waals surface area (Å²) in [5.41, 5.74) is 10.4. The fourth-order valence-corrected chi connectivity index (χ4v) is 5.64. The zero-order chi connectivity index (χ0) is 20.7. The summed E-state index contributed by atoms with van der Waals surface area (Å²) in [7, 11) is 0. The van der Waals surface area contributed by atoms with Crippen molar-refractivity contribution >= 4 is 44.2 Å². The molecule has 0 aliphatic carbocycles. The maximum atomic E-state index is 13.3. The third-order valence-electron chi connectivity index (χ3n) is 5.05. The highest BCUT2D eigenvalue weighted by atomic mass is 32.1. The van der Waals surface area contributed by atoms with Crippen molar-refractivity contribution in [2.24, 2.45) is 0 Å². The molecule has 146 valence electrons. The Balaban J connectivity index is 1.68. The second kappa shape index (κ2) is 7.44. The Morgan fingerprint density at radius 1 is 0.867 bits per heavy atom. The van der Waals surface area contributed by atoms with Gasteiger partial charge in [-0.3, -0.25) is 4.79 Å². The molecule has 0 saturated heterocycles. The van der Waals surface area contributed by atoms with E-state index in [1.165, 1.54) is 11.3 Å². The van der Waals surface area contributed by atoms with E-state index in [0.29, 0.717) is 10.4 Å². The Kier molecular flexibility index (Phi) is 4.62. The zero-order valence-corrected chi connectivity index (χ0v) is 17.5. The Morgan fingerprint density at radius 3 is 2.30 bits per heavy atom. The van der Waals surface area contributed by atoms with Gasteiger partial charge >= 0.3 is 0 Å². The first-order chi connectivity index (χ1) is 14.6. The van der Waals surface area contributed by atoms with Crippen LogP contribution in [-0.2, 0) is 0 Å². The maximum Gasteiger partial charge on any atom is 0.203 e. The number of carbonyl (C=O) groups is 1. The van der Waals surface area contributed by atoms with Crippen LogP contribution < -0.4 is 5.73 Å². The second-order valence-electron chi connectivity index (χ2n) is 6.96. The summed E-state index contributed by atoms with van der Waals surface area (Å²) in [6, 6.07) is 24.6. The van der Waals surface area contributed by atoms with E-state index in [4.69, 9.17) is 5.73 Å². The van der Waals surface area contributed by atoms with Gasteiger partial charge in [0.2, 0.25) is 5.78 Å². The van der Waals surface area contributed by atoms with E-state index >= 15 is 0 Å². The Bertz CT molecular complexity index is 1370. The fourth-order valence-electron chi connectivity index (χ4n) is 3.59. The molecule has 0 aliphatic rings. The number of hydrogen-bond acceptors (Lipinski definition) is 5. The van der Waals surface area contributed by atoms with Gasteiger partial charge in [-0.05, 0) is 40.8 Å². The van der Waals surface area contributed by atoms with E-state index in [2.05, 4.69) is 0 Å². The van der Waals surface area contributed by atoms with E-state index in [0.717, 1.165) is 37.3 Å². The normalized spacial score (nSPS) is 11.1. The number of nitrogen functional groups attached to an aromatic ring is 1. The lowest BCUT2D eigenvalue weighted by molar-refractivity contribution is 0.104. The van der Waals surface area contributed by atoms with Gasteiger partial charge in [0.15, 0.2) is 0 Å². The Morgan fingerprint density at radius 2 is 1.60 bits per heavy atom. The van der Waals surface area contributed by atoms with Crippen LogP contribution >= 0.6 is 22.7 Å². The van der Waals surface area contributed by atoms with Gasteiger partial charge in [0, 0.05) is 21.2 Å². The number of rotatable bonds is 4. The van der Waals surface area contributed by atoms with Crippen molar-refractivity contribution < 1.29 is 9.90 Å². The van der Waals surface area contributed by atoms with E-state index in [1.807, 2.05) is 72.1 Å². The molecule has 2 aromatic heterocycles. The highest BCUT2D eigenvalue weighted by molar-refractivity contribution is 7.21. The highest BCUT2D eigenvalue weighted by Crippen LogP contribution is 2.42. The van der Waals surface area contributed by atoms with Crippen LogP contribution in [0.4, 0.5) is 5.69 Å². The van der Waals surface area contributed by atoms with E-state index in [-0.39, 0.29) is 11.5 Å². The molecule has 0 amide bonds. The maximum absolute atomic E-state index is 13.3. The van der Waals surface area contributed by atoms with Crippen LogP contribution in [0.15, 0.2) is 84.2 Å². The quantitative estimate of drug-likeness (QED) is 0.310. The molecule has 5 aromatic rings. The third-order valence-corrected chi connectivity index (χ3v) is 7.18. The Labute approximate surface area is 181 Å². The summed E-state index contributed by atoms with van der Waals surface area (Å²) in [4.78, 5) is 15.0. The lowest BCUT2D eigenvalue weighted by Gasteiger charge is -2.07. The monoisotopic (exact) mass is 427 g/mol. The molecule has 3 nitrogen and oxygen atoms in total. The summed E-state index contributed by atoms with van der Waals surface area (Å²) in [6.07, 6.45) is 0. The number of ketones is 1. The molecule has 3 N–H and O–H groups in total. The number of nitrogens with two attached hydrogens (primary N) is 1. The molecule has 0 saturated carbocycles. The zero-order valence-electron chi connectivity index (χ0n) is 15.8. The number of aromatic hydroxyl groups is 1. The molecular weight excluding hydrogens is 410 g/mol. The lowest BCUT2D eigenvalue weighted by atomic mass is 9.97. The summed E-state index contributed by atoms with van der Waals surface area (Å²) < 4.78 is 0.885. The smallest absolute Gasteiger partial charge is 0.203 e. The molecular formula is C25H17NO2S2. The van der Waals surface area contributed by atoms with Gasteiger partial charge in [-0.15, -0.1) is 22.7 Å². The van der Waals surface area contributed by atoms with Gasteiger partial charge in [-0.2, -0.15) is 0 Å².